The van der Waals surface area contributed by atoms with Crippen LogP contribution in [0.3, 0.4) is 0 Å². The fraction of sp³-hybridized carbons (Fsp3) is 0.833. The van der Waals surface area contributed by atoms with Crippen LogP contribution >= 0.6 is 0 Å². The summed E-state index contributed by atoms with van der Waals surface area (Å²) in [4.78, 5) is 10.5. The quantitative estimate of drug-likeness (QED) is 0.491. The summed E-state index contributed by atoms with van der Waals surface area (Å²) in [6.45, 7) is 0.0686. The second-order valence-corrected chi connectivity index (χ2v) is 3.02. The molecule has 1 aliphatic heterocycles. The van der Waals surface area contributed by atoms with Crippen LogP contribution in [-0.4, -0.2) is 30.0 Å². The Balaban J connectivity index is 3.21. The van der Waals surface area contributed by atoms with Crippen LogP contribution in [0, 0.1) is 0 Å². The minimum absolute atomic E-state index is 0.0686. The lowest BCUT2D eigenvalue weighted by molar-refractivity contribution is -0.492. The van der Waals surface area contributed by atoms with Gasteiger partial charge in [0.05, 0.1) is 0 Å². The van der Waals surface area contributed by atoms with E-state index < -0.39 is 30.0 Å². The van der Waals surface area contributed by atoms with Gasteiger partial charge in [-0.2, -0.15) is 30.7 Å². The smallest absolute Gasteiger partial charge is 0.408 e. The van der Waals surface area contributed by atoms with Gasteiger partial charge in [0.15, 0.2) is 0 Å². The summed E-state index contributed by atoms with van der Waals surface area (Å²) in [6.07, 6.45) is -11.9. The lowest BCUT2D eigenvalue weighted by atomic mass is 10.2. The van der Waals surface area contributed by atoms with E-state index in [1.54, 1.807) is 0 Å². The summed E-state index contributed by atoms with van der Waals surface area (Å²) in [7, 11) is 0. The standard InChI is InChI=1S/C6H3F7O3/c1-3(7)2(14)15-4(8,5(9,10)11)6(12,13)16-3/h1H3. The molecule has 0 radical (unpaired) electrons. The first-order valence-electron chi connectivity index (χ1n) is 3.59. The van der Waals surface area contributed by atoms with Gasteiger partial charge in [-0.15, -0.1) is 0 Å². The van der Waals surface area contributed by atoms with Crippen molar-refractivity contribution in [1.82, 2.24) is 0 Å². The van der Waals surface area contributed by atoms with Gasteiger partial charge in [-0.3, -0.25) is 4.74 Å². The monoisotopic (exact) mass is 256 g/mol. The average Bonchev–Trinajstić information content (AvgIpc) is 1.97. The first kappa shape index (κ1) is 13.0. The van der Waals surface area contributed by atoms with Crippen LogP contribution in [0.5, 0.6) is 0 Å². The van der Waals surface area contributed by atoms with Crippen molar-refractivity contribution in [2.45, 2.75) is 30.9 Å². The van der Waals surface area contributed by atoms with Crippen LogP contribution in [0.1, 0.15) is 6.92 Å². The van der Waals surface area contributed by atoms with Crippen molar-refractivity contribution in [3.8, 4) is 0 Å². The molecule has 1 rings (SSSR count). The molecule has 0 amide bonds. The summed E-state index contributed by atoms with van der Waals surface area (Å²) in [5.74, 6) is -12.1. The molecule has 1 fully saturated rings. The van der Waals surface area contributed by atoms with Gasteiger partial charge in [-0.25, -0.2) is 4.79 Å². The Morgan fingerprint density at radius 2 is 1.56 bits per heavy atom. The van der Waals surface area contributed by atoms with Gasteiger partial charge in [0.1, 0.15) is 0 Å². The third-order valence-electron chi connectivity index (χ3n) is 1.66. The molecule has 2 unspecified atom stereocenters. The van der Waals surface area contributed by atoms with E-state index in [4.69, 9.17) is 0 Å². The molecule has 0 aliphatic carbocycles. The molecule has 0 aromatic heterocycles. The van der Waals surface area contributed by atoms with Crippen molar-refractivity contribution < 1.29 is 45.0 Å². The number of ether oxygens (including phenoxy) is 2. The minimum atomic E-state index is -6.26. The SMILES string of the molecule is CC1(F)OC(F)(F)C(F)(C(F)(F)F)OC1=O. The van der Waals surface area contributed by atoms with Crippen molar-refractivity contribution in [2.24, 2.45) is 0 Å². The number of rotatable bonds is 0. The van der Waals surface area contributed by atoms with E-state index in [1.807, 2.05) is 0 Å². The van der Waals surface area contributed by atoms with Crippen molar-refractivity contribution in [3.63, 3.8) is 0 Å². The van der Waals surface area contributed by atoms with Gasteiger partial charge in [0, 0.05) is 6.92 Å². The second-order valence-electron chi connectivity index (χ2n) is 3.02. The largest absolute Gasteiger partial charge is 0.470 e. The highest BCUT2D eigenvalue weighted by Crippen LogP contribution is 2.51. The number of esters is 1. The lowest BCUT2D eigenvalue weighted by Gasteiger charge is -2.40. The Bertz CT molecular complexity index is 323. The number of hydrogen-bond acceptors (Lipinski definition) is 3. The normalized spacial score (nSPS) is 39.4. The van der Waals surface area contributed by atoms with E-state index in [0.29, 0.717) is 0 Å². The van der Waals surface area contributed by atoms with Crippen LogP contribution in [0.4, 0.5) is 30.7 Å². The molecule has 0 saturated carbocycles. The number of carbonyl (C=O) groups is 1. The van der Waals surface area contributed by atoms with Crippen molar-refractivity contribution >= 4 is 5.97 Å². The fourth-order valence-corrected chi connectivity index (χ4v) is 0.849. The summed E-state index contributed by atoms with van der Waals surface area (Å²) < 4.78 is 92.2. The predicted molar refractivity (Wildman–Crippen MR) is 31.5 cm³/mol. The lowest BCUT2D eigenvalue weighted by Crippen LogP contribution is -2.67. The molecule has 0 aromatic rings. The van der Waals surface area contributed by atoms with E-state index in [1.165, 1.54) is 0 Å². The third-order valence-corrected chi connectivity index (χ3v) is 1.66. The van der Waals surface area contributed by atoms with Gasteiger partial charge in [-0.1, -0.05) is 0 Å². The first-order chi connectivity index (χ1) is 6.83. The highest BCUT2D eigenvalue weighted by Gasteiger charge is 2.81. The molecule has 3 nitrogen and oxygen atoms in total. The molecule has 1 heterocycles. The maximum absolute atomic E-state index is 12.8. The van der Waals surface area contributed by atoms with Crippen LogP contribution in [0.25, 0.3) is 0 Å². The first-order valence-corrected chi connectivity index (χ1v) is 3.59. The number of halogens is 7. The number of carbonyl (C=O) groups excluding carboxylic acids is 1. The van der Waals surface area contributed by atoms with E-state index in [0.717, 1.165) is 0 Å². The maximum atomic E-state index is 12.8. The molecular weight excluding hydrogens is 253 g/mol. The zero-order valence-electron chi connectivity index (χ0n) is 7.37. The predicted octanol–water partition coefficient (Wildman–Crippen LogP) is 2.07. The highest BCUT2D eigenvalue weighted by molar-refractivity contribution is 5.78. The molecule has 0 bridgehead atoms. The van der Waals surface area contributed by atoms with E-state index in [9.17, 15) is 35.5 Å². The van der Waals surface area contributed by atoms with Crippen molar-refractivity contribution in [2.75, 3.05) is 0 Å². The molecule has 0 aromatic carbocycles. The highest BCUT2D eigenvalue weighted by atomic mass is 19.4. The van der Waals surface area contributed by atoms with Crippen molar-refractivity contribution in [3.05, 3.63) is 0 Å². The van der Waals surface area contributed by atoms with E-state index in [-0.39, 0.29) is 6.92 Å². The minimum Gasteiger partial charge on any atom is -0.408 e. The van der Waals surface area contributed by atoms with Crippen LogP contribution in [-0.2, 0) is 14.3 Å². The topological polar surface area (TPSA) is 35.5 Å². The Hall–Kier alpha value is -1.06. The Morgan fingerprint density at radius 1 is 1.12 bits per heavy atom. The third kappa shape index (κ3) is 1.60. The zero-order valence-corrected chi connectivity index (χ0v) is 7.37. The van der Waals surface area contributed by atoms with Gasteiger partial charge < -0.3 is 4.74 Å². The van der Waals surface area contributed by atoms with E-state index in [2.05, 4.69) is 9.47 Å². The van der Waals surface area contributed by atoms with Gasteiger partial charge in [0.2, 0.25) is 0 Å². The second kappa shape index (κ2) is 2.99. The number of alkyl halides is 7. The van der Waals surface area contributed by atoms with E-state index >= 15 is 0 Å². The Kier molecular flexibility index (Phi) is 2.43. The number of cyclic esters (lactones) is 1. The summed E-state index contributed by atoms with van der Waals surface area (Å²) >= 11 is 0. The number of hydrogen-bond donors (Lipinski definition) is 0. The molecule has 94 valence electrons. The van der Waals surface area contributed by atoms with Crippen molar-refractivity contribution in [1.29, 1.82) is 0 Å². The fourth-order valence-electron chi connectivity index (χ4n) is 0.849. The van der Waals surface area contributed by atoms with Gasteiger partial charge >= 0.3 is 30.0 Å². The average molecular weight is 256 g/mol. The molecular formula is C6H3F7O3. The van der Waals surface area contributed by atoms with Crippen LogP contribution < -0.4 is 0 Å². The van der Waals surface area contributed by atoms with Gasteiger partial charge in [0.25, 0.3) is 0 Å². The zero-order chi connectivity index (χ0) is 13.0. The molecule has 2 atom stereocenters. The summed E-state index contributed by atoms with van der Waals surface area (Å²) in [6, 6.07) is 0. The maximum Gasteiger partial charge on any atom is 0.470 e. The molecule has 0 N–H and O–H groups in total. The molecule has 16 heavy (non-hydrogen) atoms. The molecule has 1 saturated heterocycles. The van der Waals surface area contributed by atoms with Gasteiger partial charge in [-0.05, 0) is 0 Å². The van der Waals surface area contributed by atoms with Crippen LogP contribution in [0.2, 0.25) is 0 Å². The summed E-state index contributed by atoms with van der Waals surface area (Å²) in [5.41, 5.74) is 0. The summed E-state index contributed by atoms with van der Waals surface area (Å²) in [5, 5.41) is 0. The molecule has 1 aliphatic rings. The Morgan fingerprint density at radius 3 is 1.94 bits per heavy atom. The Labute approximate surface area is 83.1 Å². The molecule has 10 heteroatoms. The van der Waals surface area contributed by atoms with Crippen LogP contribution in [0.15, 0.2) is 0 Å². The molecule has 0 spiro atoms.